The fourth-order valence-electron chi connectivity index (χ4n) is 1.97. The van der Waals surface area contributed by atoms with Gasteiger partial charge in [0.2, 0.25) is 0 Å². The molecule has 1 atom stereocenters. The van der Waals surface area contributed by atoms with Crippen molar-refractivity contribution in [3.8, 4) is 0 Å². The van der Waals surface area contributed by atoms with Crippen LogP contribution >= 0.6 is 0 Å². The van der Waals surface area contributed by atoms with Crippen LogP contribution in [0.3, 0.4) is 0 Å². The molecule has 2 rings (SSSR count). The molecule has 0 amide bonds. The fraction of sp³-hybridized carbons (Fsp3) is 0.636. The Hall–Kier alpha value is -0.800. The van der Waals surface area contributed by atoms with E-state index < -0.39 is 0 Å². The van der Waals surface area contributed by atoms with Crippen molar-refractivity contribution >= 4 is 0 Å². The first-order chi connectivity index (χ1) is 6.79. The van der Waals surface area contributed by atoms with Gasteiger partial charge in [-0.1, -0.05) is 0 Å². The summed E-state index contributed by atoms with van der Waals surface area (Å²) in [6, 6.07) is 1.99. The highest BCUT2D eigenvalue weighted by molar-refractivity contribution is 5.14. The summed E-state index contributed by atoms with van der Waals surface area (Å²) in [5, 5.41) is 9.01. The van der Waals surface area contributed by atoms with Crippen LogP contribution in [0, 0.1) is 12.8 Å². The molecule has 1 aromatic rings. The molecular weight excluding hydrogens is 178 g/mol. The lowest BCUT2D eigenvalue weighted by Crippen LogP contribution is -2.21. The van der Waals surface area contributed by atoms with Gasteiger partial charge in [0, 0.05) is 13.2 Å². The van der Waals surface area contributed by atoms with Gasteiger partial charge in [-0.3, -0.25) is 4.90 Å². The van der Waals surface area contributed by atoms with Crippen molar-refractivity contribution in [1.82, 2.24) is 4.90 Å². The molecule has 0 radical (unpaired) electrons. The van der Waals surface area contributed by atoms with Crippen molar-refractivity contribution < 1.29 is 9.52 Å². The Morgan fingerprint density at radius 3 is 3.07 bits per heavy atom. The van der Waals surface area contributed by atoms with Gasteiger partial charge in [0.25, 0.3) is 0 Å². The summed E-state index contributed by atoms with van der Waals surface area (Å²) in [7, 11) is 0. The quantitative estimate of drug-likeness (QED) is 0.792. The van der Waals surface area contributed by atoms with Gasteiger partial charge in [-0.15, -0.1) is 0 Å². The van der Waals surface area contributed by atoms with Crippen LogP contribution in [0.15, 0.2) is 16.7 Å². The number of likely N-dealkylation sites (tertiary alicyclic amines) is 1. The van der Waals surface area contributed by atoms with Crippen molar-refractivity contribution in [3.05, 3.63) is 23.7 Å². The molecule has 78 valence electrons. The van der Waals surface area contributed by atoms with Crippen molar-refractivity contribution in [2.24, 2.45) is 5.92 Å². The molecular formula is C11H17NO2. The molecule has 14 heavy (non-hydrogen) atoms. The third-order valence-electron chi connectivity index (χ3n) is 2.96. The van der Waals surface area contributed by atoms with Crippen LogP contribution in [0.2, 0.25) is 0 Å². The number of nitrogens with zero attached hydrogens (tertiary/aromatic N) is 1. The number of aliphatic hydroxyl groups excluding tert-OH is 1. The standard InChI is InChI=1S/C11H17NO2/c1-9-3-5-14-11(9)7-12-4-2-10(6-12)8-13/h3,5,10,13H,2,4,6-8H2,1H3. The zero-order valence-corrected chi connectivity index (χ0v) is 8.57. The van der Waals surface area contributed by atoms with Gasteiger partial charge in [-0.2, -0.15) is 0 Å². The molecule has 1 aliphatic rings. The fourth-order valence-corrected chi connectivity index (χ4v) is 1.97. The Morgan fingerprint density at radius 1 is 1.64 bits per heavy atom. The van der Waals surface area contributed by atoms with E-state index in [-0.39, 0.29) is 0 Å². The van der Waals surface area contributed by atoms with Gasteiger partial charge < -0.3 is 9.52 Å². The number of rotatable bonds is 3. The number of aliphatic hydroxyl groups is 1. The Kier molecular flexibility index (Phi) is 2.89. The maximum absolute atomic E-state index is 9.01. The first-order valence-corrected chi connectivity index (χ1v) is 5.16. The zero-order valence-electron chi connectivity index (χ0n) is 8.57. The first kappa shape index (κ1) is 9.74. The lowest BCUT2D eigenvalue weighted by Gasteiger charge is -2.13. The second-order valence-electron chi connectivity index (χ2n) is 4.10. The van der Waals surface area contributed by atoms with Crippen LogP contribution < -0.4 is 0 Å². The summed E-state index contributed by atoms with van der Waals surface area (Å²) in [5.74, 6) is 1.52. The average molecular weight is 195 g/mol. The molecule has 3 nitrogen and oxygen atoms in total. The summed E-state index contributed by atoms with van der Waals surface area (Å²) in [4.78, 5) is 2.34. The van der Waals surface area contributed by atoms with Crippen LogP contribution in [-0.2, 0) is 6.54 Å². The van der Waals surface area contributed by atoms with E-state index in [2.05, 4.69) is 11.8 Å². The third kappa shape index (κ3) is 1.99. The third-order valence-corrected chi connectivity index (χ3v) is 2.96. The minimum Gasteiger partial charge on any atom is -0.468 e. The number of aryl methyl sites for hydroxylation is 1. The van der Waals surface area contributed by atoms with Crippen LogP contribution in [0.1, 0.15) is 17.7 Å². The predicted molar refractivity (Wildman–Crippen MR) is 53.9 cm³/mol. The van der Waals surface area contributed by atoms with Gasteiger partial charge in [0.15, 0.2) is 0 Å². The smallest absolute Gasteiger partial charge is 0.120 e. The van der Waals surface area contributed by atoms with Gasteiger partial charge >= 0.3 is 0 Å². The molecule has 0 spiro atoms. The number of furan rings is 1. The van der Waals surface area contributed by atoms with Crippen molar-refractivity contribution in [1.29, 1.82) is 0 Å². The Bertz CT molecular complexity index is 295. The monoisotopic (exact) mass is 195 g/mol. The molecule has 0 aliphatic carbocycles. The summed E-state index contributed by atoms with van der Waals surface area (Å²) >= 11 is 0. The molecule has 1 unspecified atom stereocenters. The summed E-state index contributed by atoms with van der Waals surface area (Å²) in [6.45, 7) is 5.34. The molecule has 1 aromatic heterocycles. The summed E-state index contributed by atoms with van der Waals surface area (Å²) in [6.07, 6.45) is 2.85. The van der Waals surface area contributed by atoms with Crippen LogP contribution in [0.4, 0.5) is 0 Å². The van der Waals surface area contributed by atoms with Crippen LogP contribution in [-0.4, -0.2) is 29.7 Å². The average Bonchev–Trinajstić information content (AvgIpc) is 2.77. The number of hydrogen-bond donors (Lipinski definition) is 1. The van der Waals surface area contributed by atoms with E-state index in [4.69, 9.17) is 9.52 Å². The molecule has 1 aliphatic heterocycles. The first-order valence-electron chi connectivity index (χ1n) is 5.16. The molecule has 1 N–H and O–H groups in total. The van der Waals surface area contributed by atoms with Crippen molar-refractivity contribution in [2.45, 2.75) is 19.9 Å². The SMILES string of the molecule is Cc1ccoc1CN1CCC(CO)C1. The molecule has 3 heteroatoms. The van der Waals surface area contributed by atoms with Gasteiger partial charge in [0.1, 0.15) is 5.76 Å². The van der Waals surface area contributed by atoms with E-state index in [1.54, 1.807) is 6.26 Å². The van der Waals surface area contributed by atoms with E-state index in [1.807, 2.05) is 6.07 Å². The molecule has 0 bridgehead atoms. The van der Waals surface area contributed by atoms with Gasteiger partial charge in [0.05, 0.1) is 12.8 Å². The van der Waals surface area contributed by atoms with E-state index in [0.717, 1.165) is 31.8 Å². The predicted octanol–water partition coefficient (Wildman–Crippen LogP) is 1.40. The maximum Gasteiger partial charge on any atom is 0.120 e. The van der Waals surface area contributed by atoms with E-state index in [9.17, 15) is 0 Å². The Balaban J connectivity index is 1.90. The van der Waals surface area contributed by atoms with Crippen molar-refractivity contribution in [2.75, 3.05) is 19.7 Å². The van der Waals surface area contributed by atoms with Gasteiger partial charge in [-0.05, 0) is 37.4 Å². The van der Waals surface area contributed by atoms with Crippen molar-refractivity contribution in [3.63, 3.8) is 0 Å². The minimum absolute atomic E-state index is 0.313. The topological polar surface area (TPSA) is 36.6 Å². The highest BCUT2D eigenvalue weighted by Crippen LogP contribution is 2.19. The van der Waals surface area contributed by atoms with E-state index in [0.29, 0.717) is 12.5 Å². The van der Waals surface area contributed by atoms with E-state index in [1.165, 1.54) is 5.56 Å². The molecule has 1 saturated heterocycles. The van der Waals surface area contributed by atoms with Gasteiger partial charge in [-0.25, -0.2) is 0 Å². The second kappa shape index (κ2) is 4.15. The minimum atomic E-state index is 0.313. The Morgan fingerprint density at radius 2 is 2.50 bits per heavy atom. The lowest BCUT2D eigenvalue weighted by atomic mass is 10.1. The highest BCUT2D eigenvalue weighted by atomic mass is 16.3. The zero-order chi connectivity index (χ0) is 9.97. The summed E-state index contributed by atoms with van der Waals surface area (Å²) < 4.78 is 5.39. The van der Waals surface area contributed by atoms with Crippen LogP contribution in [0.25, 0.3) is 0 Å². The summed E-state index contributed by atoms with van der Waals surface area (Å²) in [5.41, 5.74) is 1.22. The van der Waals surface area contributed by atoms with E-state index >= 15 is 0 Å². The lowest BCUT2D eigenvalue weighted by molar-refractivity contribution is 0.216. The largest absolute Gasteiger partial charge is 0.468 e. The molecule has 0 saturated carbocycles. The number of hydrogen-bond acceptors (Lipinski definition) is 3. The highest BCUT2D eigenvalue weighted by Gasteiger charge is 2.22. The Labute approximate surface area is 84.3 Å². The molecule has 1 fully saturated rings. The second-order valence-corrected chi connectivity index (χ2v) is 4.10. The molecule has 0 aromatic carbocycles. The normalized spacial score (nSPS) is 23.1. The molecule has 2 heterocycles. The maximum atomic E-state index is 9.01. The van der Waals surface area contributed by atoms with Crippen LogP contribution in [0.5, 0.6) is 0 Å².